The molecular weight excluding hydrogens is 240 g/mol. The van der Waals surface area contributed by atoms with E-state index < -0.39 is 0 Å². The summed E-state index contributed by atoms with van der Waals surface area (Å²) in [6.45, 7) is 5.12. The molecule has 1 aromatic carbocycles. The van der Waals surface area contributed by atoms with Crippen molar-refractivity contribution in [1.82, 2.24) is 4.90 Å². The van der Waals surface area contributed by atoms with Gasteiger partial charge in [0.15, 0.2) is 0 Å². The van der Waals surface area contributed by atoms with E-state index in [1.165, 1.54) is 0 Å². The number of hydrogen-bond donors (Lipinski definition) is 1. The van der Waals surface area contributed by atoms with Gasteiger partial charge in [0.2, 0.25) is 5.91 Å². The maximum atomic E-state index is 11.3. The van der Waals surface area contributed by atoms with E-state index in [1.807, 2.05) is 19.2 Å². The quantitative estimate of drug-likeness (QED) is 0.905. The Morgan fingerprint density at radius 2 is 2.21 bits per heavy atom. The van der Waals surface area contributed by atoms with Gasteiger partial charge in [0, 0.05) is 32.8 Å². The fourth-order valence-corrected chi connectivity index (χ4v) is 2.29. The predicted molar refractivity (Wildman–Crippen MR) is 76.0 cm³/mol. The SMILES string of the molecule is CC(=O)N(C)Cc1ccccc1NC1CCOC1C. The Balaban J connectivity index is 2.09. The van der Waals surface area contributed by atoms with Crippen LogP contribution >= 0.6 is 0 Å². The van der Waals surface area contributed by atoms with Crippen LogP contribution in [0.15, 0.2) is 24.3 Å². The fourth-order valence-electron chi connectivity index (χ4n) is 2.29. The van der Waals surface area contributed by atoms with E-state index in [9.17, 15) is 4.79 Å². The standard InChI is InChI=1S/C15H22N2O2/c1-11-14(8-9-19-11)16-15-7-5-4-6-13(15)10-17(3)12(2)18/h4-7,11,14,16H,8-10H2,1-3H3. The number of amides is 1. The molecule has 0 radical (unpaired) electrons. The van der Waals surface area contributed by atoms with E-state index in [0.29, 0.717) is 12.6 Å². The Morgan fingerprint density at radius 1 is 1.47 bits per heavy atom. The molecule has 4 heteroatoms. The summed E-state index contributed by atoms with van der Waals surface area (Å²) in [6.07, 6.45) is 1.26. The predicted octanol–water partition coefficient (Wildman–Crippen LogP) is 2.25. The Labute approximate surface area is 114 Å². The van der Waals surface area contributed by atoms with Crippen LogP contribution in [0.5, 0.6) is 0 Å². The molecule has 1 amide bonds. The highest BCUT2D eigenvalue weighted by atomic mass is 16.5. The van der Waals surface area contributed by atoms with Crippen LogP contribution in [-0.2, 0) is 16.1 Å². The highest BCUT2D eigenvalue weighted by Gasteiger charge is 2.24. The van der Waals surface area contributed by atoms with Crippen molar-refractivity contribution in [3.05, 3.63) is 29.8 Å². The number of para-hydroxylation sites is 1. The molecule has 1 aliphatic heterocycles. The van der Waals surface area contributed by atoms with Crippen molar-refractivity contribution in [2.24, 2.45) is 0 Å². The molecule has 1 saturated heterocycles. The number of rotatable bonds is 4. The lowest BCUT2D eigenvalue weighted by Gasteiger charge is -2.22. The molecule has 19 heavy (non-hydrogen) atoms. The molecule has 2 atom stereocenters. The van der Waals surface area contributed by atoms with Crippen molar-refractivity contribution < 1.29 is 9.53 Å². The zero-order chi connectivity index (χ0) is 13.8. The summed E-state index contributed by atoms with van der Waals surface area (Å²) in [5.74, 6) is 0.0763. The molecule has 0 aromatic heterocycles. The number of benzene rings is 1. The Bertz CT molecular complexity index is 448. The van der Waals surface area contributed by atoms with Crippen LogP contribution in [0.2, 0.25) is 0 Å². The molecule has 0 aliphatic carbocycles. The maximum absolute atomic E-state index is 11.3. The molecule has 104 valence electrons. The van der Waals surface area contributed by atoms with Gasteiger partial charge < -0.3 is 15.0 Å². The third-order valence-electron chi connectivity index (χ3n) is 3.68. The van der Waals surface area contributed by atoms with Crippen LogP contribution in [-0.4, -0.2) is 36.6 Å². The number of anilines is 1. The minimum atomic E-state index is 0.0763. The van der Waals surface area contributed by atoms with Gasteiger partial charge in [-0.25, -0.2) is 0 Å². The summed E-state index contributed by atoms with van der Waals surface area (Å²) >= 11 is 0. The Morgan fingerprint density at radius 3 is 2.84 bits per heavy atom. The normalized spacial score (nSPS) is 22.3. The van der Waals surface area contributed by atoms with Gasteiger partial charge in [0.25, 0.3) is 0 Å². The number of nitrogens with one attached hydrogen (secondary N) is 1. The van der Waals surface area contributed by atoms with Gasteiger partial charge in [-0.2, -0.15) is 0 Å². The van der Waals surface area contributed by atoms with Gasteiger partial charge in [-0.15, -0.1) is 0 Å². The molecule has 0 bridgehead atoms. The summed E-state index contributed by atoms with van der Waals surface area (Å²) in [5, 5.41) is 3.54. The first-order valence-corrected chi connectivity index (χ1v) is 6.75. The smallest absolute Gasteiger partial charge is 0.219 e. The number of carbonyl (C=O) groups excluding carboxylic acids is 1. The first-order chi connectivity index (χ1) is 9.08. The van der Waals surface area contributed by atoms with Gasteiger partial charge in [0.05, 0.1) is 12.1 Å². The Kier molecular flexibility index (Phi) is 4.43. The van der Waals surface area contributed by atoms with Crippen LogP contribution in [0.3, 0.4) is 0 Å². The summed E-state index contributed by atoms with van der Waals surface area (Å²) < 4.78 is 5.57. The zero-order valence-corrected chi connectivity index (χ0v) is 11.8. The maximum Gasteiger partial charge on any atom is 0.219 e. The van der Waals surface area contributed by atoms with Gasteiger partial charge >= 0.3 is 0 Å². The highest BCUT2D eigenvalue weighted by molar-refractivity contribution is 5.73. The second-order valence-electron chi connectivity index (χ2n) is 5.15. The van der Waals surface area contributed by atoms with Gasteiger partial charge in [-0.05, 0) is 25.0 Å². The van der Waals surface area contributed by atoms with Crippen LogP contribution < -0.4 is 5.32 Å². The molecule has 0 spiro atoms. The molecule has 1 aliphatic rings. The Hall–Kier alpha value is -1.55. The van der Waals surface area contributed by atoms with Crippen molar-refractivity contribution in [2.75, 3.05) is 19.0 Å². The van der Waals surface area contributed by atoms with Crippen molar-refractivity contribution in [3.63, 3.8) is 0 Å². The van der Waals surface area contributed by atoms with Crippen molar-refractivity contribution in [3.8, 4) is 0 Å². The lowest BCUT2D eigenvalue weighted by atomic mass is 10.1. The number of nitrogens with zero attached hydrogens (tertiary/aromatic N) is 1. The molecule has 1 fully saturated rings. The fraction of sp³-hybridized carbons (Fsp3) is 0.533. The van der Waals surface area contributed by atoms with Crippen molar-refractivity contribution >= 4 is 11.6 Å². The average molecular weight is 262 g/mol. The van der Waals surface area contributed by atoms with Gasteiger partial charge in [-0.3, -0.25) is 4.79 Å². The van der Waals surface area contributed by atoms with Crippen LogP contribution in [0.25, 0.3) is 0 Å². The molecule has 0 saturated carbocycles. The van der Waals surface area contributed by atoms with Gasteiger partial charge in [0.1, 0.15) is 0 Å². The summed E-state index contributed by atoms with van der Waals surface area (Å²) in [4.78, 5) is 13.1. The molecule has 1 aromatic rings. The highest BCUT2D eigenvalue weighted by Crippen LogP contribution is 2.22. The van der Waals surface area contributed by atoms with Crippen LogP contribution in [0.1, 0.15) is 25.8 Å². The zero-order valence-electron chi connectivity index (χ0n) is 11.8. The van der Waals surface area contributed by atoms with E-state index in [0.717, 1.165) is 24.3 Å². The second kappa shape index (κ2) is 6.06. The molecule has 1 heterocycles. The summed E-state index contributed by atoms with van der Waals surface area (Å²) in [5.41, 5.74) is 2.23. The van der Waals surface area contributed by atoms with Crippen LogP contribution in [0.4, 0.5) is 5.69 Å². The van der Waals surface area contributed by atoms with Gasteiger partial charge in [-0.1, -0.05) is 18.2 Å². The van der Waals surface area contributed by atoms with E-state index in [-0.39, 0.29) is 12.0 Å². The first-order valence-electron chi connectivity index (χ1n) is 6.75. The number of carbonyl (C=O) groups is 1. The molecule has 2 unspecified atom stereocenters. The van der Waals surface area contributed by atoms with E-state index >= 15 is 0 Å². The molecule has 1 N–H and O–H groups in total. The first kappa shape index (κ1) is 13.9. The number of ether oxygens (including phenoxy) is 1. The minimum absolute atomic E-state index is 0.0763. The molecule has 4 nitrogen and oxygen atoms in total. The summed E-state index contributed by atoms with van der Waals surface area (Å²) in [7, 11) is 1.82. The lowest BCUT2D eigenvalue weighted by molar-refractivity contribution is -0.128. The van der Waals surface area contributed by atoms with E-state index in [1.54, 1.807) is 11.8 Å². The lowest BCUT2D eigenvalue weighted by Crippen LogP contribution is -2.28. The monoisotopic (exact) mass is 262 g/mol. The third-order valence-corrected chi connectivity index (χ3v) is 3.68. The van der Waals surface area contributed by atoms with Crippen molar-refractivity contribution in [2.45, 2.75) is 39.0 Å². The largest absolute Gasteiger partial charge is 0.379 e. The second-order valence-corrected chi connectivity index (χ2v) is 5.15. The van der Waals surface area contributed by atoms with E-state index in [2.05, 4.69) is 24.4 Å². The topological polar surface area (TPSA) is 41.6 Å². The third kappa shape index (κ3) is 3.47. The van der Waals surface area contributed by atoms with E-state index in [4.69, 9.17) is 4.74 Å². The molecular formula is C15H22N2O2. The van der Waals surface area contributed by atoms with Crippen molar-refractivity contribution in [1.29, 1.82) is 0 Å². The average Bonchev–Trinajstić information content (AvgIpc) is 2.77. The minimum Gasteiger partial charge on any atom is -0.379 e. The summed E-state index contributed by atoms with van der Waals surface area (Å²) in [6, 6.07) is 8.49. The van der Waals surface area contributed by atoms with Crippen LogP contribution in [0, 0.1) is 0 Å². The number of hydrogen-bond acceptors (Lipinski definition) is 3. The molecule has 2 rings (SSSR count).